The van der Waals surface area contributed by atoms with Gasteiger partial charge in [0.2, 0.25) is 8.32 Å². The van der Waals surface area contributed by atoms with Crippen LogP contribution in [0.3, 0.4) is 0 Å². The van der Waals surface area contributed by atoms with Gasteiger partial charge < -0.3 is 9.16 Å². The molecule has 1 fully saturated rings. The fraction of sp³-hybridized carbons (Fsp3) is 0.875. The van der Waals surface area contributed by atoms with Crippen molar-refractivity contribution >= 4 is 14.3 Å². The molecule has 0 radical (unpaired) electrons. The molecule has 0 bridgehead atoms. The Balaban J connectivity index is 2.31. The van der Waals surface area contributed by atoms with E-state index in [0.29, 0.717) is 52.8 Å². The minimum Gasteiger partial charge on any atom is -0.469 e. The molecule has 0 spiro atoms. The summed E-state index contributed by atoms with van der Waals surface area (Å²) in [7, 11) is -0.415. The third kappa shape index (κ3) is 4.75. The molecule has 5 atom stereocenters. The zero-order valence-corrected chi connectivity index (χ0v) is 20.5. The van der Waals surface area contributed by atoms with Crippen LogP contribution < -0.4 is 0 Å². The molecule has 2 aliphatic carbocycles. The Bertz CT molecular complexity index is 518. The molecule has 4 heteroatoms. The highest BCUT2D eigenvalue weighted by atomic mass is 28.4. The number of carbonyl (C=O) groups excluding carboxylic acids is 1. The summed E-state index contributed by atoms with van der Waals surface area (Å²) in [6.45, 7) is 16.6. The molecule has 0 heterocycles. The number of esters is 1. The summed E-state index contributed by atoms with van der Waals surface area (Å²) < 4.78 is 12.3. The first-order chi connectivity index (χ1) is 13.1. The van der Waals surface area contributed by atoms with Crippen LogP contribution in [-0.4, -0.2) is 27.5 Å². The van der Waals surface area contributed by atoms with Crippen LogP contribution in [0.25, 0.3) is 0 Å². The third-order valence-corrected chi connectivity index (χ3v) is 13.9. The highest BCUT2D eigenvalue weighted by molar-refractivity contribution is 6.77. The van der Waals surface area contributed by atoms with Gasteiger partial charge in [-0.3, -0.25) is 4.79 Å². The predicted molar refractivity (Wildman–Crippen MR) is 120 cm³/mol. The predicted octanol–water partition coefficient (Wildman–Crippen LogP) is 6.74. The standard InChI is InChI=1S/C24H44O3Si/c1-16(2)28(17(3)4,18(5)6)27-22-11-9-10-20-13-12-19(7)21(24(20)22)14-15-23(25)26-8/h12-13,16-22,24H,9-11,14-15H2,1-8H3/t19-,20+,21-,22-,24-/m0/s1. The quantitative estimate of drug-likeness (QED) is 0.253. The van der Waals surface area contributed by atoms with Gasteiger partial charge in [0.05, 0.1) is 7.11 Å². The summed E-state index contributed by atoms with van der Waals surface area (Å²) in [5.41, 5.74) is 1.83. The molecule has 2 aliphatic rings. The van der Waals surface area contributed by atoms with E-state index in [1.54, 1.807) is 0 Å². The van der Waals surface area contributed by atoms with Gasteiger partial charge in [0.25, 0.3) is 0 Å². The van der Waals surface area contributed by atoms with Gasteiger partial charge in [-0.05, 0) is 59.6 Å². The summed E-state index contributed by atoms with van der Waals surface area (Å²) in [5, 5.41) is 0. The van der Waals surface area contributed by atoms with E-state index in [1.807, 2.05) is 0 Å². The van der Waals surface area contributed by atoms with E-state index in [-0.39, 0.29) is 5.97 Å². The van der Waals surface area contributed by atoms with E-state index in [2.05, 4.69) is 60.6 Å². The molecule has 0 aromatic carbocycles. The van der Waals surface area contributed by atoms with Crippen molar-refractivity contribution in [3.05, 3.63) is 12.2 Å². The minimum atomic E-state index is -1.91. The topological polar surface area (TPSA) is 35.5 Å². The van der Waals surface area contributed by atoms with Crippen LogP contribution in [0.5, 0.6) is 0 Å². The van der Waals surface area contributed by atoms with Crippen molar-refractivity contribution in [2.45, 2.75) is 103 Å². The van der Waals surface area contributed by atoms with Crippen molar-refractivity contribution in [3.8, 4) is 0 Å². The molecule has 1 saturated carbocycles. The number of hydrogen-bond acceptors (Lipinski definition) is 3. The average molecular weight is 409 g/mol. The number of rotatable bonds is 8. The van der Waals surface area contributed by atoms with Crippen molar-refractivity contribution in [2.24, 2.45) is 23.7 Å². The van der Waals surface area contributed by atoms with Gasteiger partial charge in [-0.15, -0.1) is 0 Å². The van der Waals surface area contributed by atoms with Crippen molar-refractivity contribution < 1.29 is 14.0 Å². The summed E-state index contributed by atoms with van der Waals surface area (Å²) in [4.78, 5) is 11.8. The lowest BCUT2D eigenvalue weighted by atomic mass is 9.63. The highest BCUT2D eigenvalue weighted by Gasteiger charge is 2.50. The number of methoxy groups -OCH3 is 1. The van der Waals surface area contributed by atoms with Crippen LogP contribution in [0.2, 0.25) is 16.6 Å². The third-order valence-electron chi connectivity index (χ3n) is 7.75. The number of ether oxygens (including phenoxy) is 1. The maximum absolute atomic E-state index is 11.8. The second-order valence-electron chi connectivity index (χ2n) is 10.2. The smallest absolute Gasteiger partial charge is 0.305 e. The van der Waals surface area contributed by atoms with Crippen LogP contribution in [0.15, 0.2) is 12.2 Å². The van der Waals surface area contributed by atoms with Gasteiger partial charge in [-0.2, -0.15) is 0 Å². The normalized spacial score (nSPS) is 30.8. The number of allylic oxidation sites excluding steroid dienone is 2. The molecular weight excluding hydrogens is 364 g/mol. The Morgan fingerprint density at radius 3 is 2.18 bits per heavy atom. The minimum absolute atomic E-state index is 0.0816. The van der Waals surface area contributed by atoms with Crippen LogP contribution in [-0.2, 0) is 14.0 Å². The van der Waals surface area contributed by atoms with E-state index >= 15 is 0 Å². The van der Waals surface area contributed by atoms with Gasteiger partial charge in [0.15, 0.2) is 0 Å². The van der Waals surface area contributed by atoms with E-state index in [1.165, 1.54) is 26.4 Å². The first-order valence-electron chi connectivity index (χ1n) is 11.6. The maximum atomic E-state index is 11.8. The molecular formula is C24H44O3Si. The SMILES string of the molecule is COC(=O)CC[C@@H]1[C@H]2[C@@H](O[Si](C(C)C)(C(C)C)C(C)C)CCC[C@@H]2C=C[C@@H]1C. The lowest BCUT2D eigenvalue weighted by Gasteiger charge is -2.52. The van der Waals surface area contributed by atoms with Crippen molar-refractivity contribution in [3.63, 3.8) is 0 Å². The largest absolute Gasteiger partial charge is 0.469 e. The van der Waals surface area contributed by atoms with E-state index in [9.17, 15) is 4.79 Å². The highest BCUT2D eigenvalue weighted by Crippen LogP contribution is 2.50. The first kappa shape index (κ1) is 23.7. The second-order valence-corrected chi connectivity index (χ2v) is 15.6. The number of hydrogen-bond donors (Lipinski definition) is 0. The summed E-state index contributed by atoms with van der Waals surface area (Å²) >= 11 is 0. The van der Waals surface area contributed by atoms with Crippen molar-refractivity contribution in [1.82, 2.24) is 0 Å². The zero-order chi connectivity index (χ0) is 21.1. The molecule has 0 aliphatic heterocycles. The molecule has 0 aromatic rings. The van der Waals surface area contributed by atoms with Gasteiger partial charge in [-0.1, -0.05) is 67.0 Å². The van der Waals surface area contributed by atoms with Crippen LogP contribution >= 0.6 is 0 Å². The molecule has 28 heavy (non-hydrogen) atoms. The molecule has 3 nitrogen and oxygen atoms in total. The summed E-state index contributed by atoms with van der Waals surface area (Å²) in [6.07, 6.45) is 10.3. The summed E-state index contributed by atoms with van der Waals surface area (Å²) in [5.74, 6) is 2.08. The first-order valence-corrected chi connectivity index (χ1v) is 13.7. The fourth-order valence-electron chi connectivity index (χ4n) is 6.49. The lowest BCUT2D eigenvalue weighted by molar-refractivity contribution is -0.141. The zero-order valence-electron chi connectivity index (χ0n) is 19.5. The summed E-state index contributed by atoms with van der Waals surface area (Å²) in [6, 6.07) is 0. The van der Waals surface area contributed by atoms with Gasteiger partial charge in [-0.25, -0.2) is 0 Å². The Kier molecular flexibility index (Phi) is 8.39. The fourth-order valence-corrected chi connectivity index (χ4v) is 12.1. The van der Waals surface area contributed by atoms with Gasteiger partial charge in [0, 0.05) is 12.5 Å². The lowest BCUT2D eigenvalue weighted by Crippen LogP contribution is -2.54. The van der Waals surface area contributed by atoms with Crippen LogP contribution in [0.1, 0.15) is 80.6 Å². The Morgan fingerprint density at radius 1 is 1.04 bits per heavy atom. The van der Waals surface area contributed by atoms with Crippen molar-refractivity contribution in [2.75, 3.05) is 7.11 Å². The number of fused-ring (bicyclic) bond motifs is 1. The van der Waals surface area contributed by atoms with Crippen LogP contribution in [0, 0.1) is 23.7 Å². The van der Waals surface area contributed by atoms with Crippen LogP contribution in [0.4, 0.5) is 0 Å². The average Bonchev–Trinajstić information content (AvgIpc) is 2.64. The van der Waals surface area contributed by atoms with E-state index in [0.717, 1.165) is 6.42 Å². The molecule has 0 N–H and O–H groups in total. The Labute approximate surface area is 174 Å². The maximum Gasteiger partial charge on any atom is 0.305 e. The monoisotopic (exact) mass is 408 g/mol. The molecule has 0 unspecified atom stereocenters. The molecule has 0 amide bonds. The van der Waals surface area contributed by atoms with E-state index in [4.69, 9.17) is 9.16 Å². The Hall–Kier alpha value is -0.613. The second kappa shape index (κ2) is 9.93. The van der Waals surface area contributed by atoms with E-state index < -0.39 is 8.32 Å². The molecule has 2 rings (SSSR count). The Morgan fingerprint density at radius 2 is 1.64 bits per heavy atom. The van der Waals surface area contributed by atoms with Gasteiger partial charge >= 0.3 is 5.97 Å². The number of carbonyl (C=O) groups is 1. The molecule has 0 aromatic heterocycles. The molecule has 162 valence electrons. The van der Waals surface area contributed by atoms with Gasteiger partial charge in [0.1, 0.15) is 0 Å². The molecule has 0 saturated heterocycles. The van der Waals surface area contributed by atoms with Crippen molar-refractivity contribution in [1.29, 1.82) is 0 Å².